The van der Waals surface area contributed by atoms with Crippen LogP contribution in [-0.4, -0.2) is 33.3 Å². The average molecular weight is 485 g/mol. The molecule has 0 saturated carbocycles. The molecule has 2 aromatic rings. The zero-order chi connectivity index (χ0) is 19.6. The summed E-state index contributed by atoms with van der Waals surface area (Å²) < 4.78 is 7.81. The van der Waals surface area contributed by atoms with Crippen molar-refractivity contribution < 1.29 is 9.53 Å². The lowest BCUT2D eigenvalue weighted by Gasteiger charge is -2.34. The van der Waals surface area contributed by atoms with Gasteiger partial charge in [0.2, 0.25) is 0 Å². The zero-order valence-electron chi connectivity index (χ0n) is 14.9. The highest BCUT2D eigenvalue weighted by Crippen LogP contribution is 2.42. The number of ketones is 1. The summed E-state index contributed by atoms with van der Waals surface area (Å²) in [5.41, 5.74) is 1.48. The number of benzene rings is 2. The van der Waals surface area contributed by atoms with E-state index in [-0.39, 0.29) is 5.78 Å². The van der Waals surface area contributed by atoms with Crippen molar-refractivity contribution in [1.82, 2.24) is 4.90 Å². The molecule has 0 aromatic heterocycles. The number of ether oxygens (including phenoxy) is 1. The van der Waals surface area contributed by atoms with E-state index in [0.29, 0.717) is 20.7 Å². The molecule has 0 radical (unpaired) electrons. The van der Waals surface area contributed by atoms with Gasteiger partial charge in [0.15, 0.2) is 5.78 Å². The van der Waals surface area contributed by atoms with Gasteiger partial charge in [-0.2, -0.15) is 0 Å². The zero-order valence-corrected chi connectivity index (χ0v) is 18.9. The SMILES string of the molecule is CCN(CC)C(=S)SC1C(=O)c2cc(Br)ccc2OC1c1ccc(Cl)cc1. The third-order valence-electron chi connectivity index (χ3n) is 4.44. The van der Waals surface area contributed by atoms with Crippen LogP contribution in [-0.2, 0) is 0 Å². The molecule has 0 spiro atoms. The molecule has 1 aliphatic heterocycles. The summed E-state index contributed by atoms with van der Waals surface area (Å²) >= 11 is 16.5. The molecule has 3 rings (SSSR count). The maximum absolute atomic E-state index is 13.3. The van der Waals surface area contributed by atoms with Crippen molar-refractivity contribution in [3.63, 3.8) is 0 Å². The van der Waals surface area contributed by atoms with E-state index in [1.54, 1.807) is 0 Å². The van der Waals surface area contributed by atoms with Gasteiger partial charge in [-0.05, 0) is 49.7 Å². The molecule has 3 nitrogen and oxygen atoms in total. The summed E-state index contributed by atoms with van der Waals surface area (Å²) in [7, 11) is 0. The smallest absolute Gasteiger partial charge is 0.184 e. The van der Waals surface area contributed by atoms with Crippen LogP contribution in [0.4, 0.5) is 0 Å². The van der Waals surface area contributed by atoms with Crippen LogP contribution in [0.2, 0.25) is 5.02 Å². The van der Waals surface area contributed by atoms with Crippen LogP contribution in [0.25, 0.3) is 0 Å². The van der Waals surface area contributed by atoms with Gasteiger partial charge in [0.1, 0.15) is 21.4 Å². The first-order chi connectivity index (χ1) is 12.9. The number of thioether (sulfide) groups is 1. The molecule has 2 unspecified atom stereocenters. The fraction of sp³-hybridized carbons (Fsp3) is 0.300. The van der Waals surface area contributed by atoms with E-state index in [4.69, 9.17) is 28.6 Å². The van der Waals surface area contributed by atoms with Crippen molar-refractivity contribution >= 4 is 61.6 Å². The second kappa shape index (κ2) is 8.95. The van der Waals surface area contributed by atoms with Gasteiger partial charge >= 0.3 is 0 Å². The van der Waals surface area contributed by atoms with Crippen LogP contribution in [0, 0.1) is 0 Å². The van der Waals surface area contributed by atoms with Crippen LogP contribution in [0.3, 0.4) is 0 Å². The lowest BCUT2D eigenvalue weighted by Crippen LogP contribution is -2.37. The van der Waals surface area contributed by atoms with Gasteiger partial charge in [-0.3, -0.25) is 4.79 Å². The topological polar surface area (TPSA) is 29.5 Å². The number of carbonyl (C=O) groups is 1. The number of halogens is 2. The van der Waals surface area contributed by atoms with Gasteiger partial charge in [0, 0.05) is 22.6 Å². The molecule has 2 atom stereocenters. The molecule has 2 aromatic carbocycles. The van der Waals surface area contributed by atoms with E-state index in [1.165, 1.54) is 11.8 Å². The molecule has 0 fully saturated rings. The van der Waals surface area contributed by atoms with Crippen molar-refractivity contribution in [2.24, 2.45) is 0 Å². The number of carbonyl (C=O) groups excluding carboxylic acids is 1. The summed E-state index contributed by atoms with van der Waals surface area (Å²) in [5, 5.41) is 0.189. The Labute approximate surface area is 182 Å². The molecule has 0 amide bonds. The highest BCUT2D eigenvalue weighted by atomic mass is 79.9. The predicted molar refractivity (Wildman–Crippen MR) is 120 cm³/mol. The number of Topliss-reactive ketones (excluding diaryl/α,β-unsaturated/α-hetero) is 1. The molecule has 1 heterocycles. The van der Waals surface area contributed by atoms with Crippen molar-refractivity contribution in [3.05, 3.63) is 63.1 Å². The number of rotatable bonds is 4. The largest absolute Gasteiger partial charge is 0.483 e. The van der Waals surface area contributed by atoms with Gasteiger partial charge < -0.3 is 9.64 Å². The van der Waals surface area contributed by atoms with E-state index < -0.39 is 11.4 Å². The van der Waals surface area contributed by atoms with Crippen molar-refractivity contribution in [3.8, 4) is 5.75 Å². The normalized spacial score (nSPS) is 18.6. The first-order valence-electron chi connectivity index (χ1n) is 8.66. The fourth-order valence-electron chi connectivity index (χ4n) is 2.96. The molecule has 27 heavy (non-hydrogen) atoms. The quantitative estimate of drug-likeness (QED) is 0.486. The summed E-state index contributed by atoms with van der Waals surface area (Å²) in [6.45, 7) is 5.72. The summed E-state index contributed by atoms with van der Waals surface area (Å²) in [5.74, 6) is 0.616. The Kier molecular flexibility index (Phi) is 6.84. The van der Waals surface area contributed by atoms with Crippen LogP contribution < -0.4 is 4.74 Å². The van der Waals surface area contributed by atoms with Crippen LogP contribution >= 0.6 is 51.5 Å². The highest BCUT2D eigenvalue weighted by Gasteiger charge is 2.40. The number of nitrogens with zero attached hydrogens (tertiary/aromatic N) is 1. The molecular weight excluding hydrogens is 466 g/mol. The summed E-state index contributed by atoms with van der Waals surface area (Å²) in [4.78, 5) is 15.4. The third kappa shape index (κ3) is 4.50. The van der Waals surface area contributed by atoms with E-state index >= 15 is 0 Å². The van der Waals surface area contributed by atoms with Crippen LogP contribution in [0.15, 0.2) is 46.9 Å². The van der Waals surface area contributed by atoms with Crippen LogP contribution in [0.5, 0.6) is 5.75 Å². The molecule has 1 aliphatic rings. The monoisotopic (exact) mass is 483 g/mol. The summed E-state index contributed by atoms with van der Waals surface area (Å²) in [6.07, 6.45) is -0.429. The maximum atomic E-state index is 13.3. The van der Waals surface area contributed by atoms with Gasteiger partial charge in [0.05, 0.1) is 5.56 Å². The third-order valence-corrected chi connectivity index (χ3v) is 6.91. The Bertz CT molecular complexity index is 856. The highest BCUT2D eigenvalue weighted by molar-refractivity contribution is 9.10. The molecular formula is C20H19BrClNO2S2. The Hall–Kier alpha value is -1.08. The lowest BCUT2D eigenvalue weighted by atomic mass is 9.96. The average Bonchev–Trinajstić information content (AvgIpc) is 2.66. The molecule has 0 saturated heterocycles. The van der Waals surface area contributed by atoms with Crippen LogP contribution in [0.1, 0.15) is 35.9 Å². The first-order valence-corrected chi connectivity index (χ1v) is 11.1. The van der Waals surface area contributed by atoms with Crippen molar-refractivity contribution in [2.75, 3.05) is 13.1 Å². The Morgan fingerprint density at radius 1 is 1.22 bits per heavy atom. The van der Waals surface area contributed by atoms with Gasteiger partial charge in [-0.25, -0.2) is 0 Å². The van der Waals surface area contributed by atoms with Gasteiger partial charge in [-0.1, -0.05) is 63.6 Å². The van der Waals surface area contributed by atoms with Gasteiger partial charge in [0.25, 0.3) is 0 Å². The molecule has 0 bridgehead atoms. The second-order valence-electron chi connectivity index (χ2n) is 6.07. The molecule has 0 aliphatic carbocycles. The van der Waals surface area contributed by atoms with Crippen molar-refractivity contribution in [1.29, 1.82) is 0 Å². The maximum Gasteiger partial charge on any atom is 0.184 e. The molecule has 142 valence electrons. The summed E-state index contributed by atoms with van der Waals surface area (Å²) in [6, 6.07) is 12.9. The Morgan fingerprint density at radius 2 is 1.89 bits per heavy atom. The minimum absolute atomic E-state index is 0.0250. The van der Waals surface area contributed by atoms with E-state index in [9.17, 15) is 4.79 Å². The van der Waals surface area contributed by atoms with Crippen molar-refractivity contribution in [2.45, 2.75) is 25.2 Å². The van der Waals surface area contributed by atoms with E-state index in [1.807, 2.05) is 42.5 Å². The standard InChI is InChI=1S/C20H19BrClNO2S2/c1-3-23(4-2)20(26)27-19-17(24)15-11-13(21)7-10-16(15)25-18(19)12-5-8-14(22)9-6-12/h5-11,18-19H,3-4H2,1-2H3. The number of hydrogen-bond acceptors (Lipinski definition) is 4. The predicted octanol–water partition coefficient (Wildman–Crippen LogP) is 6.15. The molecule has 7 heteroatoms. The first kappa shape index (κ1) is 20.6. The number of hydrogen-bond donors (Lipinski definition) is 0. The van der Waals surface area contributed by atoms with E-state index in [2.05, 4.69) is 34.7 Å². The lowest BCUT2D eigenvalue weighted by molar-refractivity contribution is 0.0868. The minimum Gasteiger partial charge on any atom is -0.483 e. The molecule has 0 N–H and O–H groups in total. The number of fused-ring (bicyclic) bond motifs is 1. The van der Waals surface area contributed by atoms with E-state index in [0.717, 1.165) is 23.1 Å². The second-order valence-corrected chi connectivity index (χ2v) is 9.20. The van der Waals surface area contributed by atoms with Gasteiger partial charge in [-0.15, -0.1) is 0 Å². The number of thiocarbonyl (C=S) groups is 1. The fourth-order valence-corrected chi connectivity index (χ4v) is 5.21. The minimum atomic E-state index is -0.457. The Balaban J connectivity index is 2.00. The Morgan fingerprint density at radius 3 is 2.52 bits per heavy atom.